The Hall–Kier alpha value is -1.13. The SMILES string of the molecule is C[C@@H](O)c1ccc(N(C)CCOCC2CC2)c(F)c1. The molecule has 1 aliphatic rings. The van der Waals surface area contributed by atoms with Crippen LogP contribution in [-0.2, 0) is 4.74 Å². The van der Waals surface area contributed by atoms with E-state index >= 15 is 0 Å². The van der Waals surface area contributed by atoms with Crippen molar-refractivity contribution in [3.05, 3.63) is 29.6 Å². The minimum Gasteiger partial charge on any atom is -0.389 e. The summed E-state index contributed by atoms with van der Waals surface area (Å²) in [5.74, 6) is 0.454. The predicted molar refractivity (Wildman–Crippen MR) is 73.8 cm³/mol. The third-order valence-corrected chi connectivity index (χ3v) is 3.49. The number of benzene rings is 1. The Morgan fingerprint density at radius 2 is 2.21 bits per heavy atom. The van der Waals surface area contributed by atoms with Crippen molar-refractivity contribution in [2.45, 2.75) is 25.9 Å². The number of likely N-dealkylation sites (N-methyl/N-ethyl adjacent to an activating group) is 1. The standard InChI is InChI=1S/C15H22FNO2/c1-11(18)13-5-6-15(14(16)9-13)17(2)7-8-19-10-12-3-4-12/h5-6,9,11-12,18H,3-4,7-8,10H2,1-2H3/t11-/m1/s1. The molecule has 0 radical (unpaired) electrons. The number of halogens is 1. The van der Waals surface area contributed by atoms with E-state index in [1.165, 1.54) is 18.9 Å². The van der Waals surface area contributed by atoms with E-state index in [1.54, 1.807) is 19.1 Å². The largest absolute Gasteiger partial charge is 0.389 e. The van der Waals surface area contributed by atoms with Crippen molar-refractivity contribution < 1.29 is 14.2 Å². The Morgan fingerprint density at radius 3 is 2.79 bits per heavy atom. The summed E-state index contributed by atoms with van der Waals surface area (Å²) in [6, 6.07) is 4.85. The van der Waals surface area contributed by atoms with E-state index in [0.717, 1.165) is 12.5 Å². The van der Waals surface area contributed by atoms with Gasteiger partial charge in [0.2, 0.25) is 0 Å². The van der Waals surface area contributed by atoms with Gasteiger partial charge in [0.15, 0.2) is 0 Å². The second-order valence-electron chi connectivity index (χ2n) is 5.33. The second kappa shape index (κ2) is 6.35. The molecule has 0 bridgehead atoms. The second-order valence-corrected chi connectivity index (χ2v) is 5.33. The fourth-order valence-electron chi connectivity index (χ4n) is 1.95. The molecular formula is C15H22FNO2. The zero-order chi connectivity index (χ0) is 13.8. The highest BCUT2D eigenvalue weighted by Crippen LogP contribution is 2.28. The Kier molecular flexibility index (Phi) is 4.77. The van der Waals surface area contributed by atoms with Crippen LogP contribution in [0.25, 0.3) is 0 Å². The molecule has 0 spiro atoms. The number of aliphatic hydroxyl groups is 1. The van der Waals surface area contributed by atoms with Crippen LogP contribution >= 0.6 is 0 Å². The maximum absolute atomic E-state index is 13.9. The van der Waals surface area contributed by atoms with E-state index in [1.807, 2.05) is 11.9 Å². The molecule has 19 heavy (non-hydrogen) atoms. The van der Waals surface area contributed by atoms with Crippen LogP contribution in [0, 0.1) is 11.7 Å². The molecule has 0 aliphatic heterocycles. The summed E-state index contributed by atoms with van der Waals surface area (Å²) in [5, 5.41) is 9.41. The lowest BCUT2D eigenvalue weighted by molar-refractivity contribution is 0.131. The number of nitrogens with zero attached hydrogens (tertiary/aromatic N) is 1. The van der Waals surface area contributed by atoms with Crippen LogP contribution < -0.4 is 4.90 Å². The highest BCUT2D eigenvalue weighted by atomic mass is 19.1. The Balaban J connectivity index is 1.84. The van der Waals surface area contributed by atoms with E-state index in [-0.39, 0.29) is 5.82 Å². The van der Waals surface area contributed by atoms with Crippen LogP contribution in [0.2, 0.25) is 0 Å². The van der Waals surface area contributed by atoms with Crippen molar-refractivity contribution in [2.75, 3.05) is 31.7 Å². The van der Waals surface area contributed by atoms with Gasteiger partial charge in [-0.25, -0.2) is 4.39 Å². The van der Waals surface area contributed by atoms with Crippen LogP contribution in [-0.4, -0.2) is 31.9 Å². The van der Waals surface area contributed by atoms with Crippen LogP contribution in [0.4, 0.5) is 10.1 Å². The first-order valence-electron chi connectivity index (χ1n) is 6.84. The van der Waals surface area contributed by atoms with Gasteiger partial charge < -0.3 is 14.7 Å². The molecule has 1 saturated carbocycles. The van der Waals surface area contributed by atoms with Crippen molar-refractivity contribution in [3.63, 3.8) is 0 Å². The van der Waals surface area contributed by atoms with Gasteiger partial charge in [-0.15, -0.1) is 0 Å². The lowest BCUT2D eigenvalue weighted by atomic mass is 10.1. The summed E-state index contributed by atoms with van der Waals surface area (Å²) < 4.78 is 19.5. The number of ether oxygens (including phenoxy) is 1. The number of hydrogen-bond acceptors (Lipinski definition) is 3. The maximum atomic E-state index is 13.9. The van der Waals surface area contributed by atoms with Crippen LogP contribution in [0.1, 0.15) is 31.4 Å². The number of anilines is 1. The van der Waals surface area contributed by atoms with Crippen LogP contribution in [0.15, 0.2) is 18.2 Å². The molecule has 0 aromatic heterocycles. The molecule has 4 heteroatoms. The first kappa shape index (κ1) is 14.3. The molecule has 1 aromatic carbocycles. The predicted octanol–water partition coefficient (Wildman–Crippen LogP) is 2.74. The van der Waals surface area contributed by atoms with E-state index in [2.05, 4.69) is 0 Å². The van der Waals surface area contributed by atoms with Gasteiger partial charge in [0.05, 0.1) is 18.4 Å². The molecule has 1 fully saturated rings. The molecule has 2 rings (SSSR count). The van der Waals surface area contributed by atoms with E-state index < -0.39 is 6.10 Å². The summed E-state index contributed by atoms with van der Waals surface area (Å²) in [4.78, 5) is 1.84. The average Bonchev–Trinajstić information content (AvgIpc) is 3.18. The van der Waals surface area contributed by atoms with E-state index in [0.29, 0.717) is 24.4 Å². The quantitative estimate of drug-likeness (QED) is 0.771. The topological polar surface area (TPSA) is 32.7 Å². The molecule has 0 heterocycles. The molecule has 0 amide bonds. The molecule has 3 nitrogen and oxygen atoms in total. The number of rotatable bonds is 7. The molecular weight excluding hydrogens is 245 g/mol. The Labute approximate surface area is 114 Å². The first-order valence-corrected chi connectivity index (χ1v) is 6.84. The molecule has 1 N–H and O–H groups in total. The van der Waals surface area contributed by atoms with Crippen LogP contribution in [0.3, 0.4) is 0 Å². The normalized spacial score (nSPS) is 16.4. The molecule has 106 valence electrons. The molecule has 1 aliphatic carbocycles. The van der Waals surface area contributed by atoms with Gasteiger partial charge >= 0.3 is 0 Å². The molecule has 0 unspecified atom stereocenters. The minimum absolute atomic E-state index is 0.303. The monoisotopic (exact) mass is 267 g/mol. The summed E-state index contributed by atoms with van der Waals surface area (Å²) >= 11 is 0. The lowest BCUT2D eigenvalue weighted by Crippen LogP contribution is -2.24. The van der Waals surface area contributed by atoms with Crippen molar-refractivity contribution in [1.29, 1.82) is 0 Å². The van der Waals surface area contributed by atoms with E-state index in [4.69, 9.17) is 4.74 Å². The third kappa shape index (κ3) is 4.18. The van der Waals surface area contributed by atoms with Gasteiger partial charge in [-0.05, 0) is 43.4 Å². The van der Waals surface area contributed by atoms with Crippen molar-refractivity contribution in [2.24, 2.45) is 5.92 Å². The molecule has 0 saturated heterocycles. The minimum atomic E-state index is -0.643. The summed E-state index contributed by atoms with van der Waals surface area (Å²) in [6.45, 7) is 3.74. The maximum Gasteiger partial charge on any atom is 0.146 e. The van der Waals surface area contributed by atoms with Gasteiger partial charge in [-0.2, -0.15) is 0 Å². The summed E-state index contributed by atoms with van der Waals surface area (Å²) in [5.41, 5.74) is 1.14. The average molecular weight is 267 g/mol. The van der Waals surface area contributed by atoms with Crippen LogP contribution in [0.5, 0.6) is 0 Å². The van der Waals surface area contributed by atoms with Gasteiger partial charge in [0.1, 0.15) is 5.82 Å². The van der Waals surface area contributed by atoms with Crippen molar-refractivity contribution in [1.82, 2.24) is 0 Å². The number of aliphatic hydroxyl groups excluding tert-OH is 1. The van der Waals surface area contributed by atoms with Gasteiger partial charge in [0, 0.05) is 20.2 Å². The highest BCUT2D eigenvalue weighted by molar-refractivity contribution is 5.48. The number of hydrogen-bond donors (Lipinski definition) is 1. The fourth-order valence-corrected chi connectivity index (χ4v) is 1.95. The molecule has 1 aromatic rings. The van der Waals surface area contributed by atoms with Crippen molar-refractivity contribution in [3.8, 4) is 0 Å². The first-order chi connectivity index (χ1) is 9.08. The lowest BCUT2D eigenvalue weighted by Gasteiger charge is -2.20. The fraction of sp³-hybridized carbons (Fsp3) is 0.600. The van der Waals surface area contributed by atoms with Gasteiger partial charge in [-0.1, -0.05) is 6.07 Å². The van der Waals surface area contributed by atoms with Gasteiger partial charge in [-0.3, -0.25) is 0 Å². The third-order valence-electron chi connectivity index (χ3n) is 3.49. The summed E-state index contributed by atoms with van der Waals surface area (Å²) in [6.07, 6.45) is 1.92. The van der Waals surface area contributed by atoms with Crippen molar-refractivity contribution >= 4 is 5.69 Å². The Morgan fingerprint density at radius 1 is 1.47 bits per heavy atom. The summed E-state index contributed by atoms with van der Waals surface area (Å²) in [7, 11) is 1.85. The Bertz CT molecular complexity index is 419. The zero-order valence-corrected chi connectivity index (χ0v) is 11.6. The van der Waals surface area contributed by atoms with E-state index in [9.17, 15) is 9.50 Å². The van der Waals surface area contributed by atoms with Gasteiger partial charge in [0.25, 0.3) is 0 Å². The smallest absolute Gasteiger partial charge is 0.146 e. The molecule has 1 atom stereocenters. The zero-order valence-electron chi connectivity index (χ0n) is 11.6. The highest BCUT2D eigenvalue weighted by Gasteiger charge is 2.21.